The summed E-state index contributed by atoms with van der Waals surface area (Å²) in [5, 5.41) is 8.84. The summed E-state index contributed by atoms with van der Waals surface area (Å²) < 4.78 is 9.89. The molecule has 3 nitrogen and oxygen atoms in total. The highest BCUT2D eigenvalue weighted by molar-refractivity contribution is 4.83. The van der Waals surface area contributed by atoms with Crippen LogP contribution in [-0.2, 0) is 9.47 Å². The fourth-order valence-corrected chi connectivity index (χ4v) is 0.774. The number of aliphatic hydroxyl groups excluding tert-OH is 1. The summed E-state index contributed by atoms with van der Waals surface area (Å²) in [5.41, 5.74) is 0. The van der Waals surface area contributed by atoms with Crippen molar-refractivity contribution in [2.45, 2.75) is 25.9 Å². The molecule has 0 heterocycles. The van der Waals surface area contributed by atoms with Crippen molar-refractivity contribution in [3.63, 3.8) is 0 Å². The smallest absolute Gasteiger partial charge is 0.146 e. The molecule has 0 saturated carbocycles. The number of ether oxygens (including phenoxy) is 2. The van der Waals surface area contributed by atoms with Crippen molar-refractivity contribution in [1.82, 2.24) is 0 Å². The van der Waals surface area contributed by atoms with Crippen molar-refractivity contribution in [1.29, 1.82) is 0 Å². The number of aliphatic hydroxyl groups is 1. The average molecular weight is 174 g/mol. The average Bonchev–Trinajstić information content (AvgIpc) is 2.11. The Hall–Kier alpha value is -0.380. The molecule has 1 atom stereocenters. The summed E-state index contributed by atoms with van der Waals surface area (Å²) in [6, 6.07) is 0. The molecule has 0 unspecified atom stereocenters. The lowest BCUT2D eigenvalue weighted by molar-refractivity contribution is -0.0854. The van der Waals surface area contributed by atoms with Crippen LogP contribution >= 0.6 is 0 Å². The quantitative estimate of drug-likeness (QED) is 0.467. The molecule has 0 spiro atoms. The van der Waals surface area contributed by atoms with Crippen LogP contribution in [0.3, 0.4) is 0 Å². The molecule has 0 amide bonds. The van der Waals surface area contributed by atoms with E-state index < -0.39 is 0 Å². The highest BCUT2D eigenvalue weighted by Crippen LogP contribution is 1.99. The summed E-state index contributed by atoms with van der Waals surface area (Å²) in [4.78, 5) is 0. The van der Waals surface area contributed by atoms with Gasteiger partial charge in [-0.1, -0.05) is 19.1 Å². The molecule has 0 aliphatic rings. The van der Waals surface area contributed by atoms with Gasteiger partial charge >= 0.3 is 0 Å². The first-order valence-corrected chi connectivity index (χ1v) is 4.21. The van der Waals surface area contributed by atoms with E-state index in [1.807, 2.05) is 6.08 Å². The van der Waals surface area contributed by atoms with Gasteiger partial charge in [-0.15, -0.1) is 0 Å². The van der Waals surface area contributed by atoms with Gasteiger partial charge in [0.05, 0.1) is 12.7 Å². The third-order valence-corrected chi connectivity index (χ3v) is 1.43. The molecule has 3 heteroatoms. The maximum atomic E-state index is 8.84. The van der Waals surface area contributed by atoms with Gasteiger partial charge in [0.25, 0.3) is 0 Å². The first-order chi connectivity index (χ1) is 5.85. The minimum absolute atomic E-state index is 0.0391. The van der Waals surface area contributed by atoms with Gasteiger partial charge in [0, 0.05) is 7.11 Å². The van der Waals surface area contributed by atoms with Crippen molar-refractivity contribution in [3.05, 3.63) is 12.2 Å². The fourth-order valence-electron chi connectivity index (χ4n) is 0.774. The zero-order valence-corrected chi connectivity index (χ0v) is 7.82. The molecule has 0 fully saturated rings. The molecule has 12 heavy (non-hydrogen) atoms. The lowest BCUT2D eigenvalue weighted by atomic mass is 10.2. The zero-order chi connectivity index (χ0) is 9.23. The van der Waals surface area contributed by atoms with Gasteiger partial charge in [0.15, 0.2) is 0 Å². The lowest BCUT2D eigenvalue weighted by Crippen LogP contribution is -2.17. The maximum Gasteiger partial charge on any atom is 0.146 e. The Labute approximate surface area is 74.0 Å². The Kier molecular flexibility index (Phi) is 8.44. The highest BCUT2D eigenvalue weighted by atomic mass is 16.7. The van der Waals surface area contributed by atoms with Crippen LogP contribution in [0.4, 0.5) is 0 Å². The minimum atomic E-state index is -0.132. The lowest BCUT2D eigenvalue weighted by Gasteiger charge is -2.11. The summed E-state index contributed by atoms with van der Waals surface area (Å²) >= 11 is 0. The molecule has 0 radical (unpaired) electrons. The molecule has 0 aliphatic carbocycles. The van der Waals surface area contributed by atoms with Crippen molar-refractivity contribution < 1.29 is 14.6 Å². The van der Waals surface area contributed by atoms with Crippen molar-refractivity contribution in [2.75, 3.05) is 20.5 Å². The predicted molar refractivity (Wildman–Crippen MR) is 47.9 cm³/mol. The predicted octanol–water partition coefficient (Wildman–Crippen LogP) is 1.32. The fraction of sp³-hybridized carbons (Fsp3) is 0.778. The highest BCUT2D eigenvalue weighted by Gasteiger charge is 2.03. The Morgan fingerprint density at radius 1 is 1.42 bits per heavy atom. The molecule has 0 aromatic heterocycles. The molecular weight excluding hydrogens is 156 g/mol. The summed E-state index contributed by atoms with van der Waals surface area (Å²) in [6.07, 6.45) is 5.69. The van der Waals surface area contributed by atoms with Crippen molar-refractivity contribution in [3.8, 4) is 0 Å². The van der Waals surface area contributed by atoms with E-state index in [1.54, 1.807) is 7.11 Å². The minimum Gasteiger partial charge on any atom is -0.394 e. The summed E-state index contributed by atoms with van der Waals surface area (Å²) in [5.74, 6) is 0. The molecule has 0 bridgehead atoms. The van der Waals surface area contributed by atoms with E-state index in [2.05, 4.69) is 13.0 Å². The number of hydrogen-bond donors (Lipinski definition) is 1. The van der Waals surface area contributed by atoms with E-state index in [1.165, 1.54) is 0 Å². The molecule has 0 saturated heterocycles. The van der Waals surface area contributed by atoms with Crippen LogP contribution in [0.5, 0.6) is 0 Å². The summed E-state index contributed by atoms with van der Waals surface area (Å²) in [7, 11) is 1.57. The van der Waals surface area contributed by atoms with Gasteiger partial charge < -0.3 is 14.6 Å². The van der Waals surface area contributed by atoms with Gasteiger partial charge in [-0.05, 0) is 12.8 Å². The van der Waals surface area contributed by atoms with Gasteiger partial charge in [-0.3, -0.25) is 0 Å². The van der Waals surface area contributed by atoms with Gasteiger partial charge in [-0.25, -0.2) is 0 Å². The topological polar surface area (TPSA) is 38.7 Å². The first-order valence-electron chi connectivity index (χ1n) is 4.21. The second kappa shape index (κ2) is 8.71. The summed E-state index contributed by atoms with van der Waals surface area (Å²) in [6.45, 7) is 2.35. The number of rotatable bonds is 7. The molecule has 1 N–H and O–H groups in total. The normalized spacial score (nSPS) is 13.9. The largest absolute Gasteiger partial charge is 0.394 e. The monoisotopic (exact) mass is 174 g/mol. The van der Waals surface area contributed by atoms with Crippen LogP contribution in [0, 0.1) is 0 Å². The molecule has 0 aromatic rings. The van der Waals surface area contributed by atoms with E-state index in [0.29, 0.717) is 0 Å². The van der Waals surface area contributed by atoms with Gasteiger partial charge in [0.1, 0.15) is 6.79 Å². The Balaban J connectivity index is 3.45. The van der Waals surface area contributed by atoms with Crippen LogP contribution in [0.15, 0.2) is 12.2 Å². The Bertz CT molecular complexity index is 112. The van der Waals surface area contributed by atoms with E-state index in [-0.39, 0.29) is 19.5 Å². The van der Waals surface area contributed by atoms with Gasteiger partial charge in [0.2, 0.25) is 0 Å². The van der Waals surface area contributed by atoms with Crippen LogP contribution in [0.2, 0.25) is 0 Å². The third kappa shape index (κ3) is 6.34. The van der Waals surface area contributed by atoms with E-state index in [0.717, 1.165) is 12.8 Å². The Morgan fingerprint density at radius 3 is 2.67 bits per heavy atom. The third-order valence-electron chi connectivity index (χ3n) is 1.43. The van der Waals surface area contributed by atoms with E-state index >= 15 is 0 Å². The van der Waals surface area contributed by atoms with Crippen LogP contribution < -0.4 is 0 Å². The van der Waals surface area contributed by atoms with E-state index in [4.69, 9.17) is 14.6 Å². The molecule has 72 valence electrons. The number of allylic oxidation sites excluding steroid dienone is 1. The van der Waals surface area contributed by atoms with Crippen LogP contribution in [0.1, 0.15) is 19.8 Å². The molecule has 0 aliphatic heterocycles. The van der Waals surface area contributed by atoms with E-state index in [9.17, 15) is 0 Å². The Morgan fingerprint density at radius 2 is 2.17 bits per heavy atom. The number of hydrogen-bond acceptors (Lipinski definition) is 3. The molecule has 0 rings (SSSR count). The standard InChI is InChI=1S/C9H18O3/c1-3-4-5-6-9(7-10)12-8-11-2/h4-5,9-10H,3,6-8H2,1-2H3/b5-4-/t9-/m1/s1. The maximum absolute atomic E-state index is 8.84. The second-order valence-corrected chi connectivity index (χ2v) is 2.49. The van der Waals surface area contributed by atoms with Crippen LogP contribution in [-0.4, -0.2) is 31.7 Å². The number of methoxy groups -OCH3 is 1. The first kappa shape index (κ1) is 11.6. The van der Waals surface area contributed by atoms with Crippen LogP contribution in [0.25, 0.3) is 0 Å². The zero-order valence-electron chi connectivity index (χ0n) is 7.82. The molecular formula is C9H18O3. The SMILES string of the molecule is CC/C=C\C[C@H](CO)OCOC. The van der Waals surface area contributed by atoms with Crippen molar-refractivity contribution >= 4 is 0 Å². The molecule has 0 aromatic carbocycles. The van der Waals surface area contributed by atoms with Gasteiger partial charge in [-0.2, -0.15) is 0 Å². The second-order valence-electron chi connectivity index (χ2n) is 2.49. The van der Waals surface area contributed by atoms with Crippen molar-refractivity contribution in [2.24, 2.45) is 0 Å².